The molecule has 0 saturated carbocycles. The number of methoxy groups -OCH3 is 1. The summed E-state index contributed by atoms with van der Waals surface area (Å²) >= 11 is 0. The Morgan fingerprint density at radius 3 is 2.47 bits per heavy atom. The first-order valence-corrected chi connectivity index (χ1v) is 5.58. The second-order valence-electron chi connectivity index (χ2n) is 3.99. The number of ether oxygens (including phenoxy) is 1. The summed E-state index contributed by atoms with van der Waals surface area (Å²) < 4.78 is 7.28. The van der Waals surface area contributed by atoms with E-state index < -0.39 is 0 Å². The van der Waals surface area contributed by atoms with Crippen LogP contribution in [-0.4, -0.2) is 11.5 Å². The fraction of sp³-hybridized carbons (Fsp3) is 0.0667. The minimum atomic E-state index is 0.887. The third-order valence-electron chi connectivity index (χ3n) is 2.93. The van der Waals surface area contributed by atoms with E-state index in [0.717, 1.165) is 5.75 Å². The van der Waals surface area contributed by atoms with Gasteiger partial charge < -0.3 is 9.14 Å². The van der Waals surface area contributed by atoms with Crippen molar-refractivity contribution in [3.8, 4) is 16.9 Å². The number of rotatable bonds is 2. The van der Waals surface area contributed by atoms with Gasteiger partial charge in [-0.05, 0) is 35.9 Å². The summed E-state index contributed by atoms with van der Waals surface area (Å²) in [5.41, 5.74) is 3.63. The van der Waals surface area contributed by atoms with Gasteiger partial charge in [0.15, 0.2) is 0 Å². The summed E-state index contributed by atoms with van der Waals surface area (Å²) in [4.78, 5) is 0. The molecule has 0 amide bonds. The minimum absolute atomic E-state index is 0.887. The highest BCUT2D eigenvalue weighted by Gasteiger charge is 2.01. The van der Waals surface area contributed by atoms with Crippen LogP contribution >= 0.6 is 0 Å². The van der Waals surface area contributed by atoms with Gasteiger partial charge in [-0.15, -0.1) is 0 Å². The molecular weight excluding hydrogens is 210 g/mol. The molecule has 0 aliphatic rings. The summed E-state index contributed by atoms with van der Waals surface area (Å²) in [6, 6.07) is 16.5. The summed E-state index contributed by atoms with van der Waals surface area (Å²) in [7, 11) is 1.68. The first-order valence-electron chi connectivity index (χ1n) is 5.58. The molecule has 0 aliphatic carbocycles. The highest BCUT2D eigenvalue weighted by Crippen LogP contribution is 2.24. The van der Waals surface area contributed by atoms with Crippen molar-refractivity contribution in [1.29, 1.82) is 0 Å². The number of nitrogens with zero attached hydrogens (tertiary/aromatic N) is 1. The summed E-state index contributed by atoms with van der Waals surface area (Å²) in [6.45, 7) is 0. The first kappa shape index (κ1) is 9.97. The van der Waals surface area contributed by atoms with Gasteiger partial charge in [0.05, 0.1) is 7.11 Å². The van der Waals surface area contributed by atoms with Gasteiger partial charge in [-0.3, -0.25) is 0 Å². The lowest BCUT2D eigenvalue weighted by molar-refractivity contribution is 0.415. The van der Waals surface area contributed by atoms with E-state index in [0.29, 0.717) is 0 Å². The van der Waals surface area contributed by atoms with Gasteiger partial charge in [0.25, 0.3) is 0 Å². The highest BCUT2D eigenvalue weighted by atomic mass is 16.5. The molecule has 3 rings (SSSR count). The van der Waals surface area contributed by atoms with Gasteiger partial charge in [0.1, 0.15) is 5.75 Å². The van der Waals surface area contributed by atoms with Crippen molar-refractivity contribution in [2.24, 2.45) is 0 Å². The molecule has 0 radical (unpaired) electrons. The first-order chi connectivity index (χ1) is 8.36. The molecule has 0 spiro atoms. The topological polar surface area (TPSA) is 13.6 Å². The van der Waals surface area contributed by atoms with Crippen molar-refractivity contribution in [2.75, 3.05) is 7.11 Å². The molecule has 0 aliphatic heterocycles. The molecule has 3 aromatic rings. The zero-order valence-electron chi connectivity index (χ0n) is 9.63. The van der Waals surface area contributed by atoms with E-state index in [1.54, 1.807) is 7.11 Å². The van der Waals surface area contributed by atoms with Gasteiger partial charge in [-0.1, -0.05) is 18.2 Å². The van der Waals surface area contributed by atoms with Crippen LogP contribution in [0.5, 0.6) is 5.75 Å². The minimum Gasteiger partial charge on any atom is -0.497 e. The van der Waals surface area contributed by atoms with E-state index in [9.17, 15) is 0 Å². The van der Waals surface area contributed by atoms with Gasteiger partial charge in [-0.2, -0.15) is 0 Å². The Hall–Kier alpha value is -2.22. The lowest BCUT2D eigenvalue weighted by Gasteiger charge is -2.00. The molecule has 2 nitrogen and oxygen atoms in total. The molecule has 1 aromatic carbocycles. The second kappa shape index (κ2) is 3.98. The van der Waals surface area contributed by atoms with Crippen LogP contribution in [0.3, 0.4) is 0 Å². The molecule has 17 heavy (non-hydrogen) atoms. The van der Waals surface area contributed by atoms with Crippen LogP contribution in [0.1, 0.15) is 0 Å². The van der Waals surface area contributed by atoms with E-state index in [-0.39, 0.29) is 0 Å². The van der Waals surface area contributed by atoms with E-state index >= 15 is 0 Å². The summed E-state index contributed by atoms with van der Waals surface area (Å²) in [6.07, 6.45) is 4.19. The van der Waals surface area contributed by atoms with Crippen molar-refractivity contribution in [1.82, 2.24) is 4.40 Å². The monoisotopic (exact) mass is 223 g/mol. The maximum Gasteiger partial charge on any atom is 0.118 e. The third-order valence-corrected chi connectivity index (χ3v) is 2.93. The smallest absolute Gasteiger partial charge is 0.118 e. The SMILES string of the molecule is COc1ccc(-c2cc3ccccn3c2)cc1. The molecule has 0 atom stereocenters. The molecule has 0 bridgehead atoms. The quantitative estimate of drug-likeness (QED) is 0.647. The van der Waals surface area contributed by atoms with Crippen LogP contribution in [0.2, 0.25) is 0 Å². The Morgan fingerprint density at radius 1 is 0.941 bits per heavy atom. The van der Waals surface area contributed by atoms with Gasteiger partial charge in [-0.25, -0.2) is 0 Å². The average molecular weight is 223 g/mol. The maximum absolute atomic E-state index is 5.16. The van der Waals surface area contributed by atoms with Crippen molar-refractivity contribution >= 4 is 5.52 Å². The van der Waals surface area contributed by atoms with Crippen LogP contribution < -0.4 is 4.74 Å². The second-order valence-corrected chi connectivity index (χ2v) is 3.99. The normalized spacial score (nSPS) is 10.6. The average Bonchev–Trinajstić information content (AvgIpc) is 2.82. The van der Waals surface area contributed by atoms with Gasteiger partial charge in [0.2, 0.25) is 0 Å². The van der Waals surface area contributed by atoms with Crippen LogP contribution in [0.15, 0.2) is 60.9 Å². The van der Waals surface area contributed by atoms with E-state index in [1.165, 1.54) is 16.6 Å². The maximum atomic E-state index is 5.16. The highest BCUT2D eigenvalue weighted by molar-refractivity contribution is 5.70. The molecular formula is C15H13NO. The predicted octanol–water partition coefficient (Wildman–Crippen LogP) is 3.61. The van der Waals surface area contributed by atoms with Gasteiger partial charge in [0, 0.05) is 23.5 Å². The largest absolute Gasteiger partial charge is 0.497 e. The summed E-state index contributed by atoms with van der Waals surface area (Å²) in [5, 5.41) is 0. The number of hydrogen-bond acceptors (Lipinski definition) is 1. The third kappa shape index (κ3) is 1.78. The number of pyridine rings is 1. The standard InChI is InChI=1S/C15H13NO/c1-17-15-7-5-12(6-8-15)13-10-14-4-2-3-9-16(14)11-13/h2-11H,1H3. The fourth-order valence-corrected chi connectivity index (χ4v) is 2.00. The Kier molecular flexibility index (Phi) is 2.33. The Labute approximate surface area is 100 Å². The molecule has 0 unspecified atom stereocenters. The van der Waals surface area contributed by atoms with Gasteiger partial charge >= 0.3 is 0 Å². The Bertz CT molecular complexity index is 604. The Morgan fingerprint density at radius 2 is 1.76 bits per heavy atom. The molecule has 2 heterocycles. The number of benzene rings is 1. The van der Waals surface area contributed by atoms with Crippen LogP contribution in [0.4, 0.5) is 0 Å². The molecule has 2 heteroatoms. The number of hydrogen-bond donors (Lipinski definition) is 0. The van der Waals surface area contributed by atoms with Crippen LogP contribution in [0.25, 0.3) is 16.6 Å². The molecule has 0 saturated heterocycles. The van der Waals surface area contributed by atoms with Crippen LogP contribution in [-0.2, 0) is 0 Å². The number of fused-ring (bicyclic) bond motifs is 1. The van der Waals surface area contributed by atoms with E-state index in [4.69, 9.17) is 4.74 Å². The zero-order chi connectivity index (χ0) is 11.7. The zero-order valence-corrected chi connectivity index (χ0v) is 9.63. The van der Waals surface area contributed by atoms with Crippen LogP contribution in [0, 0.1) is 0 Å². The van der Waals surface area contributed by atoms with Crippen molar-refractivity contribution in [3.63, 3.8) is 0 Å². The molecule has 0 fully saturated rings. The predicted molar refractivity (Wildman–Crippen MR) is 69.4 cm³/mol. The Balaban J connectivity index is 2.07. The van der Waals surface area contributed by atoms with E-state index in [1.807, 2.05) is 24.3 Å². The van der Waals surface area contributed by atoms with Crippen molar-refractivity contribution in [2.45, 2.75) is 0 Å². The fourth-order valence-electron chi connectivity index (χ4n) is 2.00. The summed E-state index contributed by atoms with van der Waals surface area (Å²) in [5.74, 6) is 0.887. The van der Waals surface area contributed by atoms with Crippen molar-refractivity contribution < 1.29 is 4.74 Å². The molecule has 2 aromatic heterocycles. The molecule has 84 valence electrons. The van der Waals surface area contributed by atoms with E-state index in [2.05, 4.69) is 41.1 Å². The lowest BCUT2D eigenvalue weighted by Crippen LogP contribution is -1.81. The number of aromatic nitrogens is 1. The van der Waals surface area contributed by atoms with Crippen molar-refractivity contribution in [3.05, 3.63) is 60.9 Å². The lowest BCUT2D eigenvalue weighted by atomic mass is 10.1. The molecule has 0 N–H and O–H groups in total.